The van der Waals surface area contributed by atoms with Crippen molar-refractivity contribution in [2.45, 2.75) is 13.5 Å². The van der Waals surface area contributed by atoms with Gasteiger partial charge in [0, 0.05) is 11.8 Å². The van der Waals surface area contributed by atoms with E-state index in [-0.39, 0.29) is 6.61 Å². The van der Waals surface area contributed by atoms with Crippen LogP contribution in [0.5, 0.6) is 11.6 Å². The van der Waals surface area contributed by atoms with Crippen molar-refractivity contribution in [3.05, 3.63) is 53.7 Å². The zero-order valence-corrected chi connectivity index (χ0v) is 9.05. The second-order valence-corrected chi connectivity index (χ2v) is 3.52. The summed E-state index contributed by atoms with van der Waals surface area (Å²) in [5.74, 6) is 1.25. The molecule has 0 saturated carbocycles. The van der Waals surface area contributed by atoms with E-state index in [1.807, 2.05) is 37.3 Å². The molecule has 3 heteroatoms. The number of benzene rings is 1. The van der Waals surface area contributed by atoms with Crippen LogP contribution in [-0.4, -0.2) is 10.1 Å². The molecule has 0 spiro atoms. The lowest BCUT2D eigenvalue weighted by atomic mass is 10.2. The molecular weight excluding hydrogens is 202 g/mol. The molecule has 0 aliphatic heterocycles. The fourth-order valence-corrected chi connectivity index (χ4v) is 1.40. The SMILES string of the molecule is Cc1cccc(Oc2cccc(CO)c2)n1. The molecule has 1 heterocycles. The molecule has 16 heavy (non-hydrogen) atoms. The van der Waals surface area contributed by atoms with Crippen LogP contribution in [0.25, 0.3) is 0 Å². The number of aliphatic hydroxyl groups is 1. The van der Waals surface area contributed by atoms with E-state index >= 15 is 0 Å². The van der Waals surface area contributed by atoms with Gasteiger partial charge in [-0.2, -0.15) is 0 Å². The third kappa shape index (κ3) is 2.58. The standard InChI is InChI=1S/C13H13NO2/c1-10-4-2-7-13(14-10)16-12-6-3-5-11(8-12)9-15/h2-8,15H,9H2,1H3. The van der Waals surface area contributed by atoms with Crippen LogP contribution >= 0.6 is 0 Å². The number of pyridine rings is 1. The molecule has 3 nitrogen and oxygen atoms in total. The summed E-state index contributed by atoms with van der Waals surface area (Å²) in [6.07, 6.45) is 0. The molecule has 0 saturated heterocycles. The predicted octanol–water partition coefficient (Wildman–Crippen LogP) is 2.67. The highest BCUT2D eigenvalue weighted by molar-refractivity contribution is 5.31. The molecule has 2 rings (SSSR count). The summed E-state index contributed by atoms with van der Waals surface area (Å²) < 4.78 is 5.58. The molecule has 1 N–H and O–H groups in total. The van der Waals surface area contributed by atoms with Gasteiger partial charge in [0.2, 0.25) is 5.88 Å². The summed E-state index contributed by atoms with van der Waals surface area (Å²) in [5, 5.41) is 9.00. The summed E-state index contributed by atoms with van der Waals surface area (Å²) >= 11 is 0. The van der Waals surface area contributed by atoms with Crippen molar-refractivity contribution in [1.29, 1.82) is 0 Å². The Balaban J connectivity index is 2.20. The average Bonchev–Trinajstić information content (AvgIpc) is 2.29. The van der Waals surface area contributed by atoms with E-state index in [0.717, 1.165) is 11.3 Å². The first-order valence-electron chi connectivity index (χ1n) is 5.09. The summed E-state index contributed by atoms with van der Waals surface area (Å²) in [6.45, 7) is 1.93. The van der Waals surface area contributed by atoms with Gasteiger partial charge in [-0.1, -0.05) is 18.2 Å². The number of ether oxygens (including phenoxy) is 1. The molecule has 0 fully saturated rings. The first-order valence-corrected chi connectivity index (χ1v) is 5.09. The van der Waals surface area contributed by atoms with Crippen molar-refractivity contribution in [3.63, 3.8) is 0 Å². The van der Waals surface area contributed by atoms with Gasteiger partial charge >= 0.3 is 0 Å². The van der Waals surface area contributed by atoms with E-state index in [9.17, 15) is 0 Å². The quantitative estimate of drug-likeness (QED) is 0.855. The second kappa shape index (κ2) is 4.77. The van der Waals surface area contributed by atoms with Crippen molar-refractivity contribution < 1.29 is 9.84 Å². The highest BCUT2D eigenvalue weighted by atomic mass is 16.5. The first kappa shape index (κ1) is 10.6. The van der Waals surface area contributed by atoms with Crippen molar-refractivity contribution in [1.82, 2.24) is 4.98 Å². The van der Waals surface area contributed by atoms with E-state index in [1.165, 1.54) is 0 Å². The molecular formula is C13H13NO2. The molecule has 82 valence electrons. The zero-order chi connectivity index (χ0) is 11.4. The van der Waals surface area contributed by atoms with Crippen LogP contribution < -0.4 is 4.74 Å². The molecule has 0 radical (unpaired) electrons. The second-order valence-electron chi connectivity index (χ2n) is 3.52. The normalized spacial score (nSPS) is 10.1. The van der Waals surface area contributed by atoms with E-state index < -0.39 is 0 Å². The van der Waals surface area contributed by atoms with Gasteiger partial charge in [0.25, 0.3) is 0 Å². The number of rotatable bonds is 3. The van der Waals surface area contributed by atoms with Crippen molar-refractivity contribution in [2.75, 3.05) is 0 Å². The van der Waals surface area contributed by atoms with Gasteiger partial charge in [-0.3, -0.25) is 0 Å². The van der Waals surface area contributed by atoms with Crippen molar-refractivity contribution >= 4 is 0 Å². The first-order chi connectivity index (χ1) is 7.78. The zero-order valence-electron chi connectivity index (χ0n) is 9.05. The Labute approximate surface area is 94.3 Å². The summed E-state index contributed by atoms with van der Waals surface area (Å²) in [6, 6.07) is 12.9. The van der Waals surface area contributed by atoms with Crippen LogP contribution in [0.4, 0.5) is 0 Å². The van der Waals surface area contributed by atoms with Crippen LogP contribution in [0.1, 0.15) is 11.3 Å². The Kier molecular flexibility index (Phi) is 3.17. The van der Waals surface area contributed by atoms with Crippen LogP contribution in [0.3, 0.4) is 0 Å². The van der Waals surface area contributed by atoms with E-state index in [4.69, 9.17) is 9.84 Å². The molecule has 2 aromatic rings. The summed E-state index contributed by atoms with van der Waals surface area (Å²) in [7, 11) is 0. The van der Waals surface area contributed by atoms with Gasteiger partial charge in [0.15, 0.2) is 0 Å². The lowest BCUT2D eigenvalue weighted by molar-refractivity contribution is 0.281. The minimum absolute atomic E-state index is 0.0123. The van der Waals surface area contributed by atoms with E-state index in [0.29, 0.717) is 11.6 Å². The predicted molar refractivity (Wildman–Crippen MR) is 61.4 cm³/mol. The van der Waals surface area contributed by atoms with Crippen molar-refractivity contribution in [3.8, 4) is 11.6 Å². The number of aliphatic hydroxyl groups excluding tert-OH is 1. The third-order valence-electron chi connectivity index (χ3n) is 2.17. The maximum Gasteiger partial charge on any atom is 0.219 e. The fraction of sp³-hybridized carbons (Fsp3) is 0.154. The topological polar surface area (TPSA) is 42.4 Å². The van der Waals surface area contributed by atoms with E-state index in [2.05, 4.69) is 4.98 Å². The lowest BCUT2D eigenvalue weighted by Gasteiger charge is -2.06. The molecule has 1 aromatic heterocycles. The monoisotopic (exact) mass is 215 g/mol. The minimum atomic E-state index is 0.0123. The Morgan fingerprint density at radius 3 is 2.75 bits per heavy atom. The lowest BCUT2D eigenvalue weighted by Crippen LogP contribution is -1.90. The van der Waals surface area contributed by atoms with E-state index in [1.54, 1.807) is 12.1 Å². The summed E-state index contributed by atoms with van der Waals surface area (Å²) in [4.78, 5) is 4.24. The molecule has 0 aliphatic carbocycles. The van der Waals surface area contributed by atoms with Gasteiger partial charge < -0.3 is 9.84 Å². The number of hydrogen-bond donors (Lipinski definition) is 1. The maximum atomic E-state index is 9.00. The molecule has 1 aromatic carbocycles. The van der Waals surface area contributed by atoms with Crippen molar-refractivity contribution in [2.24, 2.45) is 0 Å². The van der Waals surface area contributed by atoms with Crippen LogP contribution in [0.15, 0.2) is 42.5 Å². The Bertz CT molecular complexity index is 483. The Morgan fingerprint density at radius 2 is 2.00 bits per heavy atom. The number of aromatic nitrogens is 1. The maximum absolute atomic E-state index is 9.00. The van der Waals surface area contributed by atoms with Gasteiger partial charge in [-0.25, -0.2) is 4.98 Å². The smallest absolute Gasteiger partial charge is 0.219 e. The minimum Gasteiger partial charge on any atom is -0.439 e. The molecule has 0 bridgehead atoms. The Hall–Kier alpha value is -1.87. The van der Waals surface area contributed by atoms with Crippen LogP contribution in [0, 0.1) is 6.92 Å². The molecule has 0 unspecified atom stereocenters. The average molecular weight is 215 g/mol. The molecule has 0 aliphatic rings. The number of nitrogens with zero attached hydrogens (tertiary/aromatic N) is 1. The number of aryl methyl sites for hydroxylation is 1. The highest BCUT2D eigenvalue weighted by Crippen LogP contribution is 2.20. The van der Waals surface area contributed by atoms with Gasteiger partial charge in [-0.15, -0.1) is 0 Å². The van der Waals surface area contributed by atoms with Crippen LogP contribution in [0.2, 0.25) is 0 Å². The van der Waals surface area contributed by atoms with Gasteiger partial charge in [0.05, 0.1) is 6.61 Å². The number of hydrogen-bond acceptors (Lipinski definition) is 3. The highest BCUT2D eigenvalue weighted by Gasteiger charge is 1.99. The Morgan fingerprint density at radius 1 is 1.19 bits per heavy atom. The molecule has 0 amide bonds. The van der Waals surface area contributed by atoms with Gasteiger partial charge in [-0.05, 0) is 30.7 Å². The molecule has 0 atom stereocenters. The largest absolute Gasteiger partial charge is 0.439 e. The fourth-order valence-electron chi connectivity index (χ4n) is 1.40. The summed E-state index contributed by atoms with van der Waals surface area (Å²) in [5.41, 5.74) is 1.74. The van der Waals surface area contributed by atoms with Gasteiger partial charge in [0.1, 0.15) is 5.75 Å². The van der Waals surface area contributed by atoms with Crippen LogP contribution in [-0.2, 0) is 6.61 Å². The third-order valence-corrected chi connectivity index (χ3v) is 2.17.